The van der Waals surface area contributed by atoms with E-state index in [1.165, 1.54) is 36.0 Å². The third kappa shape index (κ3) is 6.07. The first-order valence-electron chi connectivity index (χ1n) is 15.2. The van der Waals surface area contributed by atoms with Crippen molar-refractivity contribution in [3.63, 3.8) is 0 Å². The van der Waals surface area contributed by atoms with Crippen molar-refractivity contribution in [1.29, 1.82) is 0 Å². The van der Waals surface area contributed by atoms with Gasteiger partial charge in [0.25, 0.3) is 0 Å². The molecule has 5 nitrogen and oxygen atoms in total. The SMILES string of the molecule is CC1(c2cccc(-c3ccc(COc4cccc(C(CC(=O)O)C5CC5)c4)cc3[C@H]3CCCC3(C)C)c2)OCCO1. The minimum Gasteiger partial charge on any atom is -0.489 e. The van der Waals surface area contributed by atoms with Gasteiger partial charge in [0.2, 0.25) is 0 Å². The Morgan fingerprint density at radius 3 is 2.46 bits per heavy atom. The number of rotatable bonds is 10. The van der Waals surface area contributed by atoms with Crippen LogP contribution in [0.1, 0.15) is 93.4 Å². The number of hydrogen-bond donors (Lipinski definition) is 1. The Kier molecular flexibility index (Phi) is 7.69. The number of ether oxygens (including phenoxy) is 3. The Bertz CT molecular complexity index is 1400. The maximum Gasteiger partial charge on any atom is 0.303 e. The molecule has 0 spiro atoms. The van der Waals surface area contributed by atoms with E-state index in [4.69, 9.17) is 14.2 Å². The third-order valence-electron chi connectivity index (χ3n) is 9.56. The van der Waals surface area contributed by atoms with Crippen molar-refractivity contribution in [1.82, 2.24) is 0 Å². The molecule has 0 radical (unpaired) electrons. The fourth-order valence-corrected chi connectivity index (χ4v) is 7.05. The molecule has 3 aromatic carbocycles. The lowest BCUT2D eigenvalue weighted by Gasteiger charge is -2.30. The topological polar surface area (TPSA) is 65.0 Å². The maximum absolute atomic E-state index is 11.5. The lowest BCUT2D eigenvalue weighted by Crippen LogP contribution is -2.22. The molecule has 41 heavy (non-hydrogen) atoms. The van der Waals surface area contributed by atoms with Crippen molar-refractivity contribution in [3.8, 4) is 16.9 Å². The van der Waals surface area contributed by atoms with Crippen LogP contribution in [-0.4, -0.2) is 24.3 Å². The smallest absolute Gasteiger partial charge is 0.303 e. The number of aliphatic carboxylic acids is 1. The fraction of sp³-hybridized carbons (Fsp3) is 0.472. The molecule has 2 saturated carbocycles. The van der Waals surface area contributed by atoms with Crippen LogP contribution in [0, 0.1) is 11.3 Å². The first-order chi connectivity index (χ1) is 19.7. The molecule has 0 amide bonds. The van der Waals surface area contributed by atoms with Crippen LogP contribution in [0.5, 0.6) is 5.75 Å². The standard InChI is InChI=1S/C36H42O5/c1-35(2)16-6-11-33(35)32-19-24(12-15-30(32)26-7-4-9-28(20-26)36(3)40-17-18-41-36)23-39-29-10-5-8-27(21-29)31(22-34(37)38)25-13-14-25/h4-5,7-10,12,15,19-21,25,31,33H,6,11,13-14,16-18,22-23H2,1-3H3,(H,37,38)/t31?,33-/m1/s1. The average Bonchev–Trinajstić information content (AvgIpc) is 3.61. The van der Waals surface area contributed by atoms with Gasteiger partial charge in [0, 0.05) is 5.56 Å². The summed E-state index contributed by atoms with van der Waals surface area (Å²) < 4.78 is 18.3. The molecule has 5 heteroatoms. The van der Waals surface area contributed by atoms with Gasteiger partial charge in [0.1, 0.15) is 12.4 Å². The van der Waals surface area contributed by atoms with E-state index in [1.54, 1.807) is 0 Å². The van der Waals surface area contributed by atoms with Gasteiger partial charge in [-0.05, 0) is 102 Å². The predicted octanol–water partition coefficient (Wildman–Crippen LogP) is 8.41. The molecular formula is C36H42O5. The molecule has 1 unspecified atom stereocenters. The molecule has 3 aliphatic rings. The molecule has 3 fully saturated rings. The molecule has 0 aromatic heterocycles. The number of carboxylic acids is 1. The van der Waals surface area contributed by atoms with Crippen molar-refractivity contribution in [3.05, 3.63) is 89.0 Å². The van der Waals surface area contributed by atoms with Crippen LogP contribution in [0.25, 0.3) is 11.1 Å². The molecule has 3 aromatic rings. The maximum atomic E-state index is 11.5. The monoisotopic (exact) mass is 554 g/mol. The van der Waals surface area contributed by atoms with E-state index in [1.807, 2.05) is 31.2 Å². The fourth-order valence-electron chi connectivity index (χ4n) is 7.05. The number of benzene rings is 3. The summed E-state index contributed by atoms with van der Waals surface area (Å²) in [5, 5.41) is 9.44. The normalized spacial score (nSPS) is 22.0. The molecule has 6 rings (SSSR count). The van der Waals surface area contributed by atoms with Crippen molar-refractivity contribution in [2.75, 3.05) is 13.2 Å². The van der Waals surface area contributed by atoms with Gasteiger partial charge in [-0.25, -0.2) is 0 Å². The Labute approximate surface area is 243 Å². The van der Waals surface area contributed by atoms with Gasteiger partial charge in [-0.1, -0.05) is 68.8 Å². The zero-order chi connectivity index (χ0) is 28.6. The summed E-state index contributed by atoms with van der Waals surface area (Å²) in [6.07, 6.45) is 6.04. The highest BCUT2D eigenvalue weighted by Crippen LogP contribution is 2.51. The second kappa shape index (κ2) is 11.3. The molecule has 1 aliphatic heterocycles. The highest BCUT2D eigenvalue weighted by molar-refractivity contribution is 5.70. The molecule has 216 valence electrons. The van der Waals surface area contributed by atoms with E-state index >= 15 is 0 Å². The van der Waals surface area contributed by atoms with E-state index in [2.05, 4.69) is 56.3 Å². The van der Waals surface area contributed by atoms with Crippen molar-refractivity contribution in [2.45, 2.75) is 83.5 Å². The van der Waals surface area contributed by atoms with Gasteiger partial charge in [0.15, 0.2) is 5.79 Å². The summed E-state index contributed by atoms with van der Waals surface area (Å²) in [5.41, 5.74) is 7.32. The Morgan fingerprint density at radius 1 is 0.976 bits per heavy atom. The van der Waals surface area contributed by atoms with Gasteiger partial charge >= 0.3 is 5.97 Å². The third-order valence-corrected chi connectivity index (χ3v) is 9.56. The Morgan fingerprint density at radius 2 is 1.76 bits per heavy atom. The van der Waals surface area contributed by atoms with Crippen LogP contribution in [0.2, 0.25) is 0 Å². The Balaban J connectivity index is 1.28. The molecule has 2 atom stereocenters. The van der Waals surface area contributed by atoms with Crippen LogP contribution in [-0.2, 0) is 26.7 Å². The van der Waals surface area contributed by atoms with E-state index in [0.29, 0.717) is 31.7 Å². The summed E-state index contributed by atoms with van der Waals surface area (Å²) in [4.78, 5) is 11.5. The molecule has 0 bridgehead atoms. The van der Waals surface area contributed by atoms with E-state index in [0.717, 1.165) is 35.3 Å². The summed E-state index contributed by atoms with van der Waals surface area (Å²) in [5.74, 6) is 0.355. The molecule has 1 saturated heterocycles. The first kappa shape index (κ1) is 28.0. The van der Waals surface area contributed by atoms with Crippen LogP contribution in [0.3, 0.4) is 0 Å². The molecule has 1 N–H and O–H groups in total. The van der Waals surface area contributed by atoms with Crippen molar-refractivity contribution >= 4 is 5.97 Å². The van der Waals surface area contributed by atoms with Crippen LogP contribution < -0.4 is 4.74 Å². The van der Waals surface area contributed by atoms with Crippen LogP contribution >= 0.6 is 0 Å². The highest BCUT2D eigenvalue weighted by Gasteiger charge is 2.38. The van der Waals surface area contributed by atoms with Crippen molar-refractivity contribution < 1.29 is 24.1 Å². The van der Waals surface area contributed by atoms with Crippen LogP contribution in [0.4, 0.5) is 0 Å². The lowest BCUT2D eigenvalue weighted by molar-refractivity contribution is -0.149. The minimum atomic E-state index is -0.737. The molecule has 1 heterocycles. The largest absolute Gasteiger partial charge is 0.489 e. The zero-order valence-electron chi connectivity index (χ0n) is 24.5. The van der Waals surface area contributed by atoms with Crippen LogP contribution in [0.15, 0.2) is 66.7 Å². The summed E-state index contributed by atoms with van der Waals surface area (Å²) >= 11 is 0. The zero-order valence-corrected chi connectivity index (χ0v) is 24.5. The van der Waals surface area contributed by atoms with Gasteiger partial charge in [-0.2, -0.15) is 0 Å². The lowest BCUT2D eigenvalue weighted by atomic mass is 9.75. The van der Waals surface area contributed by atoms with Gasteiger partial charge in [0.05, 0.1) is 19.6 Å². The number of carboxylic acid groups (broad SMARTS) is 1. The van der Waals surface area contributed by atoms with E-state index in [9.17, 15) is 9.90 Å². The first-order valence-corrected chi connectivity index (χ1v) is 15.2. The van der Waals surface area contributed by atoms with E-state index in [-0.39, 0.29) is 17.8 Å². The summed E-state index contributed by atoms with van der Waals surface area (Å²) in [6, 6.07) is 23.5. The second-order valence-electron chi connectivity index (χ2n) is 13.0. The minimum absolute atomic E-state index is 0.0598. The quantitative estimate of drug-likeness (QED) is 0.273. The Hall–Kier alpha value is -3.15. The average molecular weight is 555 g/mol. The second-order valence-corrected chi connectivity index (χ2v) is 13.0. The predicted molar refractivity (Wildman–Crippen MR) is 160 cm³/mol. The number of hydrogen-bond acceptors (Lipinski definition) is 4. The molecular weight excluding hydrogens is 512 g/mol. The number of carbonyl (C=O) groups is 1. The molecule has 2 aliphatic carbocycles. The highest BCUT2D eigenvalue weighted by atomic mass is 16.7. The van der Waals surface area contributed by atoms with Gasteiger partial charge in [-0.3, -0.25) is 4.79 Å². The van der Waals surface area contributed by atoms with Gasteiger partial charge < -0.3 is 19.3 Å². The van der Waals surface area contributed by atoms with Crippen molar-refractivity contribution in [2.24, 2.45) is 11.3 Å². The van der Waals surface area contributed by atoms with Gasteiger partial charge in [-0.15, -0.1) is 0 Å². The van der Waals surface area contributed by atoms with E-state index < -0.39 is 11.8 Å². The summed E-state index contributed by atoms with van der Waals surface area (Å²) in [6.45, 7) is 8.49. The summed E-state index contributed by atoms with van der Waals surface area (Å²) in [7, 11) is 0.